The van der Waals surface area contributed by atoms with Crippen LogP contribution in [0.1, 0.15) is 15.9 Å². The van der Waals surface area contributed by atoms with E-state index in [1.807, 2.05) is 104 Å². The Bertz CT molecular complexity index is 1350. The summed E-state index contributed by atoms with van der Waals surface area (Å²) in [5.41, 5.74) is 7.04. The van der Waals surface area contributed by atoms with Gasteiger partial charge in [0.1, 0.15) is 11.0 Å². The molecule has 0 saturated carbocycles. The Balaban J connectivity index is 1.35. The first-order valence-corrected chi connectivity index (χ1v) is 10.1. The Hall–Kier alpha value is -4.25. The van der Waals surface area contributed by atoms with Gasteiger partial charge in [0.05, 0.1) is 5.69 Å². The predicted molar refractivity (Wildman–Crippen MR) is 123 cm³/mol. The Kier molecular flexibility index (Phi) is 4.77. The van der Waals surface area contributed by atoms with Crippen molar-refractivity contribution in [1.82, 2.24) is 15.0 Å². The number of carbonyl (C=O) groups excluding carboxylic acids is 1. The SMILES string of the molecule is Cc1ccc(-n2nc3ccc(NC(=O)c4ccc(-c5ccccc5)cc4)cc3n2)cc1. The number of amides is 1. The zero-order valence-corrected chi connectivity index (χ0v) is 17.0. The van der Waals surface area contributed by atoms with Gasteiger partial charge in [0, 0.05) is 11.3 Å². The van der Waals surface area contributed by atoms with Crippen LogP contribution < -0.4 is 5.32 Å². The molecule has 150 valence electrons. The van der Waals surface area contributed by atoms with Gasteiger partial charge in [0.2, 0.25) is 0 Å². The largest absolute Gasteiger partial charge is 0.322 e. The summed E-state index contributed by atoms with van der Waals surface area (Å²) in [5, 5.41) is 12.0. The molecule has 0 aliphatic carbocycles. The Morgan fingerprint density at radius 2 is 1.42 bits per heavy atom. The molecule has 5 rings (SSSR count). The molecule has 1 amide bonds. The Morgan fingerprint density at radius 1 is 0.742 bits per heavy atom. The Morgan fingerprint density at radius 3 is 2.16 bits per heavy atom. The number of benzene rings is 4. The zero-order valence-electron chi connectivity index (χ0n) is 17.0. The van der Waals surface area contributed by atoms with Crippen LogP contribution in [0.3, 0.4) is 0 Å². The lowest BCUT2D eigenvalue weighted by molar-refractivity contribution is 0.102. The number of carbonyl (C=O) groups is 1. The van der Waals surface area contributed by atoms with Crippen molar-refractivity contribution in [3.8, 4) is 16.8 Å². The van der Waals surface area contributed by atoms with E-state index < -0.39 is 0 Å². The van der Waals surface area contributed by atoms with Gasteiger partial charge in [0.15, 0.2) is 0 Å². The van der Waals surface area contributed by atoms with Crippen molar-refractivity contribution in [2.45, 2.75) is 6.92 Å². The van der Waals surface area contributed by atoms with Crippen LogP contribution >= 0.6 is 0 Å². The van der Waals surface area contributed by atoms with Gasteiger partial charge < -0.3 is 5.32 Å². The molecule has 0 aliphatic heterocycles. The zero-order chi connectivity index (χ0) is 21.2. The van der Waals surface area contributed by atoms with E-state index in [0.29, 0.717) is 11.3 Å². The van der Waals surface area contributed by atoms with Crippen molar-refractivity contribution >= 4 is 22.6 Å². The van der Waals surface area contributed by atoms with Crippen LogP contribution in [-0.4, -0.2) is 20.9 Å². The smallest absolute Gasteiger partial charge is 0.255 e. The number of hydrogen-bond donors (Lipinski definition) is 1. The average molecular weight is 404 g/mol. The van der Waals surface area contributed by atoms with Crippen LogP contribution in [0.25, 0.3) is 27.8 Å². The fraction of sp³-hybridized carbons (Fsp3) is 0.0385. The highest BCUT2D eigenvalue weighted by Crippen LogP contribution is 2.21. The van der Waals surface area contributed by atoms with Crippen LogP contribution in [0.2, 0.25) is 0 Å². The maximum Gasteiger partial charge on any atom is 0.255 e. The van der Waals surface area contributed by atoms with Gasteiger partial charge in [-0.3, -0.25) is 4.79 Å². The van der Waals surface area contributed by atoms with E-state index in [4.69, 9.17) is 0 Å². The highest BCUT2D eigenvalue weighted by atomic mass is 16.1. The van der Waals surface area contributed by atoms with Crippen LogP contribution in [0.15, 0.2) is 97.1 Å². The molecule has 0 unspecified atom stereocenters. The van der Waals surface area contributed by atoms with Crippen molar-refractivity contribution in [2.24, 2.45) is 0 Å². The first-order chi connectivity index (χ1) is 15.2. The van der Waals surface area contributed by atoms with E-state index in [9.17, 15) is 4.79 Å². The summed E-state index contributed by atoms with van der Waals surface area (Å²) in [7, 11) is 0. The number of hydrogen-bond acceptors (Lipinski definition) is 3. The molecular formula is C26H20N4O. The molecule has 0 radical (unpaired) electrons. The van der Waals surface area contributed by atoms with Crippen molar-refractivity contribution in [2.75, 3.05) is 5.32 Å². The van der Waals surface area contributed by atoms with Gasteiger partial charge in [-0.05, 0) is 60.5 Å². The summed E-state index contributed by atoms with van der Waals surface area (Å²) in [6.07, 6.45) is 0. The standard InChI is InChI=1S/C26H20N4O/c1-18-7-14-23(15-8-18)30-28-24-16-13-22(17-25(24)29-30)27-26(31)21-11-9-20(10-12-21)19-5-3-2-4-6-19/h2-17H,1H3,(H,27,31). The van der Waals surface area contributed by atoms with Gasteiger partial charge in [-0.1, -0.05) is 60.2 Å². The summed E-state index contributed by atoms with van der Waals surface area (Å²) in [6.45, 7) is 2.04. The number of nitrogens with zero attached hydrogens (tertiary/aromatic N) is 3. The van der Waals surface area contributed by atoms with Crippen molar-refractivity contribution in [3.05, 3.63) is 108 Å². The third kappa shape index (κ3) is 3.94. The third-order valence-corrected chi connectivity index (χ3v) is 5.16. The average Bonchev–Trinajstić information content (AvgIpc) is 3.23. The third-order valence-electron chi connectivity index (χ3n) is 5.16. The van der Waals surface area contributed by atoms with E-state index >= 15 is 0 Å². The van der Waals surface area contributed by atoms with E-state index in [1.54, 1.807) is 4.80 Å². The normalized spacial score (nSPS) is 10.9. The summed E-state index contributed by atoms with van der Waals surface area (Å²) < 4.78 is 0. The van der Waals surface area contributed by atoms with E-state index in [0.717, 1.165) is 27.8 Å². The first kappa shape index (κ1) is 18.8. The molecule has 1 aromatic heterocycles. The summed E-state index contributed by atoms with van der Waals surface area (Å²) in [4.78, 5) is 14.3. The summed E-state index contributed by atoms with van der Waals surface area (Å²) in [6, 6.07) is 31.2. The van der Waals surface area contributed by atoms with E-state index in [1.165, 1.54) is 5.56 Å². The lowest BCUT2D eigenvalue weighted by atomic mass is 10.0. The first-order valence-electron chi connectivity index (χ1n) is 10.1. The second-order valence-corrected chi connectivity index (χ2v) is 7.43. The molecule has 0 saturated heterocycles. The topological polar surface area (TPSA) is 59.8 Å². The van der Waals surface area contributed by atoms with Gasteiger partial charge in [0.25, 0.3) is 5.91 Å². The number of rotatable bonds is 4. The number of aromatic nitrogens is 3. The molecule has 1 N–H and O–H groups in total. The second-order valence-electron chi connectivity index (χ2n) is 7.43. The fourth-order valence-corrected chi connectivity index (χ4v) is 3.43. The minimum absolute atomic E-state index is 0.162. The quantitative estimate of drug-likeness (QED) is 0.421. The van der Waals surface area contributed by atoms with Crippen LogP contribution in [0.4, 0.5) is 5.69 Å². The molecule has 0 atom stereocenters. The molecule has 4 aromatic carbocycles. The Labute approximate surface area is 180 Å². The molecule has 0 fully saturated rings. The molecule has 0 spiro atoms. The second kappa shape index (κ2) is 7.88. The van der Waals surface area contributed by atoms with Gasteiger partial charge >= 0.3 is 0 Å². The molecule has 1 heterocycles. The minimum atomic E-state index is -0.162. The maximum absolute atomic E-state index is 12.7. The number of aryl methyl sites for hydroxylation is 1. The molecule has 0 bridgehead atoms. The van der Waals surface area contributed by atoms with Gasteiger partial charge in [-0.15, -0.1) is 10.2 Å². The van der Waals surface area contributed by atoms with Crippen LogP contribution in [-0.2, 0) is 0 Å². The molecule has 5 heteroatoms. The highest BCUT2D eigenvalue weighted by Gasteiger charge is 2.10. The maximum atomic E-state index is 12.7. The van der Waals surface area contributed by atoms with Crippen LogP contribution in [0, 0.1) is 6.92 Å². The molecule has 5 nitrogen and oxygen atoms in total. The van der Waals surface area contributed by atoms with Gasteiger partial charge in [-0.2, -0.15) is 4.80 Å². The van der Waals surface area contributed by atoms with Gasteiger partial charge in [-0.25, -0.2) is 0 Å². The molecular weight excluding hydrogens is 384 g/mol. The highest BCUT2D eigenvalue weighted by molar-refractivity contribution is 6.05. The van der Waals surface area contributed by atoms with Crippen LogP contribution in [0.5, 0.6) is 0 Å². The number of anilines is 1. The lowest BCUT2D eigenvalue weighted by Gasteiger charge is -2.06. The van der Waals surface area contributed by atoms with Crippen molar-refractivity contribution in [1.29, 1.82) is 0 Å². The summed E-state index contributed by atoms with van der Waals surface area (Å²) >= 11 is 0. The molecule has 31 heavy (non-hydrogen) atoms. The summed E-state index contributed by atoms with van der Waals surface area (Å²) in [5.74, 6) is -0.162. The lowest BCUT2D eigenvalue weighted by Crippen LogP contribution is -2.11. The predicted octanol–water partition coefficient (Wildman–Crippen LogP) is 5.65. The number of fused-ring (bicyclic) bond motifs is 1. The fourth-order valence-electron chi connectivity index (χ4n) is 3.43. The monoisotopic (exact) mass is 404 g/mol. The van der Waals surface area contributed by atoms with E-state index in [2.05, 4.69) is 15.5 Å². The van der Waals surface area contributed by atoms with Crippen molar-refractivity contribution in [3.63, 3.8) is 0 Å². The van der Waals surface area contributed by atoms with E-state index in [-0.39, 0.29) is 5.91 Å². The van der Waals surface area contributed by atoms with Crippen molar-refractivity contribution < 1.29 is 4.79 Å². The minimum Gasteiger partial charge on any atom is -0.322 e. The molecule has 0 aliphatic rings. The number of nitrogens with one attached hydrogen (secondary N) is 1. The molecule has 5 aromatic rings.